The van der Waals surface area contributed by atoms with Crippen molar-refractivity contribution in [2.45, 2.75) is 19.8 Å². The third kappa shape index (κ3) is 2.56. The molecule has 0 aromatic carbocycles. The molecule has 2 heterocycles. The Bertz CT molecular complexity index is 1180. The van der Waals surface area contributed by atoms with Crippen molar-refractivity contribution in [2.24, 2.45) is 0 Å². The van der Waals surface area contributed by atoms with Crippen LogP contribution in [0.25, 0.3) is 30.6 Å². The van der Waals surface area contributed by atoms with Gasteiger partial charge in [-0.05, 0) is 37.1 Å². The Balaban J connectivity index is 2.50. The van der Waals surface area contributed by atoms with E-state index >= 15 is 8.78 Å². The Morgan fingerprint density at radius 1 is 1.00 bits per heavy atom. The van der Waals surface area contributed by atoms with Crippen LogP contribution in [0.2, 0.25) is 0 Å². The number of fused-ring (bicyclic) bond motifs is 1. The fourth-order valence-corrected chi connectivity index (χ4v) is 5.43. The molecule has 0 atom stereocenters. The van der Waals surface area contributed by atoms with E-state index in [1.54, 1.807) is 6.92 Å². The van der Waals surface area contributed by atoms with Crippen LogP contribution in [0.15, 0.2) is 23.5 Å². The summed E-state index contributed by atoms with van der Waals surface area (Å²) in [7, 11) is 0. The summed E-state index contributed by atoms with van der Waals surface area (Å²) in [5.74, 6) is -3.75. The topological polar surface area (TPSA) is 56.3 Å². The minimum absolute atomic E-state index is 0.0810. The van der Waals surface area contributed by atoms with Crippen LogP contribution in [0.1, 0.15) is 20.9 Å². The van der Waals surface area contributed by atoms with Gasteiger partial charge in [0.05, 0.1) is 36.4 Å². The highest BCUT2D eigenvalue weighted by Crippen LogP contribution is 2.60. The largest absolute Gasteiger partial charge is 0.284 e. The molecule has 2 aromatic rings. The van der Waals surface area contributed by atoms with Crippen LogP contribution in [0, 0.1) is 49.7 Å². The Kier molecular flexibility index (Phi) is 4.42. The summed E-state index contributed by atoms with van der Waals surface area (Å²) < 4.78 is 30.3. The van der Waals surface area contributed by atoms with E-state index in [9.17, 15) is 10.5 Å². The molecule has 3 rings (SSSR count). The van der Waals surface area contributed by atoms with Gasteiger partial charge in [-0.1, -0.05) is 0 Å². The molecule has 0 fully saturated rings. The number of hydrogen-bond donors (Lipinski definition) is 0. The number of allylic oxidation sites excluding steroid dienone is 4. The smallest absolute Gasteiger partial charge is 0.226 e. The Morgan fingerprint density at radius 2 is 1.59 bits per heavy atom. The second-order valence-corrected chi connectivity index (χ2v) is 7.95. The molecule has 8 heteroatoms. The molecule has 0 N–H and O–H groups in total. The number of rotatable bonds is 1. The first-order valence-electron chi connectivity index (χ1n) is 7.45. The van der Waals surface area contributed by atoms with Gasteiger partial charge in [0.15, 0.2) is 0 Å². The van der Waals surface area contributed by atoms with Gasteiger partial charge in [-0.3, -0.25) is 0 Å². The number of thiophene rings is 2. The summed E-state index contributed by atoms with van der Waals surface area (Å²) in [5, 5.41) is 18.4. The molecule has 2 aromatic heterocycles. The molecule has 1 aliphatic rings. The van der Waals surface area contributed by atoms with Crippen molar-refractivity contribution < 1.29 is 8.78 Å². The first kappa shape index (κ1) is 18.5. The molecule has 0 saturated carbocycles. The average Bonchev–Trinajstić information content (AvgIpc) is 3.26. The van der Waals surface area contributed by atoms with Gasteiger partial charge in [0.1, 0.15) is 0 Å². The van der Waals surface area contributed by atoms with Gasteiger partial charge in [-0.2, -0.15) is 8.78 Å². The maximum atomic E-state index is 15.2. The maximum absolute atomic E-state index is 15.2. The minimum atomic E-state index is -3.75. The van der Waals surface area contributed by atoms with Gasteiger partial charge >= 0.3 is 0 Å². The molecule has 0 spiro atoms. The Labute approximate surface area is 162 Å². The third-order valence-corrected chi connectivity index (χ3v) is 6.61. The van der Waals surface area contributed by atoms with E-state index < -0.39 is 28.5 Å². The minimum Gasteiger partial charge on any atom is -0.226 e. The summed E-state index contributed by atoms with van der Waals surface area (Å²) in [5.41, 5.74) is -2.28. The number of aryl methyl sites for hydroxylation is 1. The van der Waals surface area contributed by atoms with Crippen molar-refractivity contribution in [1.82, 2.24) is 0 Å². The fraction of sp³-hybridized carbons (Fsp3) is 0.158. The molecule has 1 aliphatic carbocycles. The van der Waals surface area contributed by atoms with Crippen molar-refractivity contribution in [2.75, 3.05) is 0 Å². The van der Waals surface area contributed by atoms with Crippen LogP contribution in [0.4, 0.5) is 8.78 Å². The van der Waals surface area contributed by atoms with E-state index in [0.29, 0.717) is 5.56 Å². The zero-order chi connectivity index (χ0) is 19.9. The van der Waals surface area contributed by atoms with Crippen molar-refractivity contribution in [3.63, 3.8) is 0 Å². The van der Waals surface area contributed by atoms with Gasteiger partial charge < -0.3 is 0 Å². The fourth-order valence-electron chi connectivity index (χ4n) is 3.00. The quantitative estimate of drug-likeness (QED) is 0.437. The molecule has 27 heavy (non-hydrogen) atoms. The van der Waals surface area contributed by atoms with Gasteiger partial charge in [0, 0.05) is 19.5 Å². The SMILES string of the molecule is [C-]#[N+]/C(C#N)=C1/c2c(sc(-c3ccc(C)s3)c2C)/C(=C(\C#N)[N+]#[C-])C1(F)F. The van der Waals surface area contributed by atoms with Crippen LogP contribution < -0.4 is 0 Å². The van der Waals surface area contributed by atoms with Crippen molar-refractivity contribution in [1.29, 1.82) is 10.5 Å². The summed E-state index contributed by atoms with van der Waals surface area (Å²) in [4.78, 5) is 8.66. The van der Waals surface area contributed by atoms with E-state index in [4.69, 9.17) is 13.1 Å². The van der Waals surface area contributed by atoms with Crippen molar-refractivity contribution in [3.05, 3.63) is 67.2 Å². The normalized spacial score (nSPS) is 17.9. The molecule has 0 unspecified atom stereocenters. The zero-order valence-electron chi connectivity index (χ0n) is 14.0. The summed E-state index contributed by atoms with van der Waals surface area (Å²) in [6.45, 7) is 17.8. The van der Waals surface area contributed by atoms with Gasteiger partial charge in [0.25, 0.3) is 17.3 Å². The van der Waals surface area contributed by atoms with E-state index in [-0.39, 0.29) is 10.4 Å². The van der Waals surface area contributed by atoms with Crippen LogP contribution in [0.5, 0.6) is 0 Å². The predicted octanol–water partition coefficient (Wildman–Crippen LogP) is 6.05. The molecule has 0 radical (unpaired) electrons. The van der Waals surface area contributed by atoms with Gasteiger partial charge in [-0.25, -0.2) is 20.2 Å². The maximum Gasteiger partial charge on any atom is 0.284 e. The van der Waals surface area contributed by atoms with Crippen LogP contribution in [-0.4, -0.2) is 5.92 Å². The van der Waals surface area contributed by atoms with Crippen molar-refractivity contribution >= 4 is 33.8 Å². The lowest BCUT2D eigenvalue weighted by atomic mass is 10.0. The molecule has 0 bridgehead atoms. The lowest BCUT2D eigenvalue weighted by Gasteiger charge is -2.16. The molecule has 0 amide bonds. The highest BCUT2D eigenvalue weighted by atomic mass is 32.1. The molecule has 4 nitrogen and oxygen atoms in total. The summed E-state index contributed by atoms with van der Waals surface area (Å²) in [6, 6.07) is 6.85. The number of nitrogens with zero attached hydrogens (tertiary/aromatic N) is 4. The van der Waals surface area contributed by atoms with Gasteiger partial charge in [-0.15, -0.1) is 22.7 Å². The first-order chi connectivity index (χ1) is 12.8. The monoisotopic (exact) mass is 394 g/mol. The third-order valence-electron chi connectivity index (χ3n) is 4.12. The highest BCUT2D eigenvalue weighted by molar-refractivity contribution is 7.23. The standard InChI is InChI=1S/C19H8F2N4S2/c1-9-5-6-13(26-9)17-10(2)14-15(11(7-22)24-3)19(20,21)16(18(14)27-17)12(8-23)25-4/h5-6H,1-2H3/b15-11-,16-12-. The van der Waals surface area contributed by atoms with Crippen LogP contribution in [-0.2, 0) is 0 Å². The van der Waals surface area contributed by atoms with Crippen molar-refractivity contribution in [3.8, 4) is 21.9 Å². The lowest BCUT2D eigenvalue weighted by molar-refractivity contribution is 0.138. The molecular weight excluding hydrogens is 386 g/mol. The number of alkyl halides is 2. The van der Waals surface area contributed by atoms with Gasteiger partial charge in [0.2, 0.25) is 0 Å². The number of nitriles is 2. The first-order valence-corrected chi connectivity index (χ1v) is 9.08. The van der Waals surface area contributed by atoms with E-state index in [2.05, 4.69) is 9.69 Å². The second kappa shape index (κ2) is 6.45. The Morgan fingerprint density at radius 3 is 2.07 bits per heavy atom. The second-order valence-electron chi connectivity index (χ2n) is 5.64. The van der Waals surface area contributed by atoms with Crippen LogP contribution in [0.3, 0.4) is 0 Å². The highest BCUT2D eigenvalue weighted by Gasteiger charge is 2.53. The average molecular weight is 394 g/mol. The summed E-state index contributed by atoms with van der Waals surface area (Å²) in [6.07, 6.45) is 0. The zero-order valence-corrected chi connectivity index (χ0v) is 15.6. The molecule has 0 saturated heterocycles. The van der Waals surface area contributed by atoms with E-state index in [1.807, 2.05) is 19.1 Å². The summed E-state index contributed by atoms with van der Waals surface area (Å²) >= 11 is 2.55. The number of halogens is 2. The lowest BCUT2D eigenvalue weighted by Crippen LogP contribution is -2.16. The molecule has 0 aliphatic heterocycles. The predicted molar refractivity (Wildman–Crippen MR) is 100 cm³/mol. The molecular formula is C19H8F2N4S2. The van der Waals surface area contributed by atoms with E-state index in [1.165, 1.54) is 23.5 Å². The van der Waals surface area contributed by atoms with E-state index in [0.717, 1.165) is 26.0 Å². The Hall–Kier alpha value is -3.30. The van der Waals surface area contributed by atoms with Crippen LogP contribution >= 0.6 is 22.7 Å². The number of hydrogen-bond acceptors (Lipinski definition) is 4. The molecule has 130 valence electrons.